The van der Waals surface area contributed by atoms with Gasteiger partial charge >= 0.3 is 0 Å². The summed E-state index contributed by atoms with van der Waals surface area (Å²) in [5.41, 5.74) is 10.5. The summed E-state index contributed by atoms with van der Waals surface area (Å²) in [5, 5.41) is 20.5. The van der Waals surface area contributed by atoms with Crippen molar-refractivity contribution in [2.45, 2.75) is 13.8 Å². The number of anilines is 3. The van der Waals surface area contributed by atoms with Gasteiger partial charge in [0, 0.05) is 23.5 Å². The molecule has 0 spiro atoms. The molecule has 0 saturated carbocycles. The normalized spacial score (nSPS) is 10.8. The zero-order chi connectivity index (χ0) is 18.3. The Bertz CT molecular complexity index is 1160. The number of aromatic amines is 1. The minimum absolute atomic E-state index is 0.383. The van der Waals surface area contributed by atoms with E-state index in [4.69, 9.17) is 5.73 Å². The smallest absolute Gasteiger partial charge is 0.229 e. The van der Waals surface area contributed by atoms with Crippen LogP contribution in [0.4, 0.5) is 17.3 Å². The van der Waals surface area contributed by atoms with Crippen LogP contribution in [0.3, 0.4) is 0 Å². The Kier molecular flexibility index (Phi) is 3.55. The monoisotopic (exact) mass is 344 g/mol. The highest BCUT2D eigenvalue weighted by atomic mass is 15.2. The molecule has 0 aliphatic rings. The lowest BCUT2D eigenvalue weighted by atomic mass is 10.2. The van der Waals surface area contributed by atoms with E-state index in [1.54, 1.807) is 6.20 Å². The van der Waals surface area contributed by atoms with Crippen molar-refractivity contribution in [2.75, 3.05) is 11.1 Å². The van der Waals surface area contributed by atoms with Gasteiger partial charge in [-0.1, -0.05) is 0 Å². The second-order valence-electron chi connectivity index (χ2n) is 6.01. The lowest BCUT2D eigenvalue weighted by Gasteiger charge is -2.09. The second kappa shape index (κ2) is 5.89. The highest BCUT2D eigenvalue weighted by molar-refractivity contribution is 5.88. The summed E-state index contributed by atoms with van der Waals surface area (Å²) in [6.45, 7) is 3.87. The van der Waals surface area contributed by atoms with E-state index in [0.717, 1.165) is 27.8 Å². The van der Waals surface area contributed by atoms with Crippen molar-refractivity contribution in [1.29, 1.82) is 5.26 Å². The summed E-state index contributed by atoms with van der Waals surface area (Å²) < 4.78 is 1.89. The minimum Gasteiger partial charge on any atom is -0.399 e. The molecule has 0 amide bonds. The molecule has 0 radical (unpaired) electrons. The van der Waals surface area contributed by atoms with Crippen molar-refractivity contribution in [1.82, 2.24) is 24.7 Å². The van der Waals surface area contributed by atoms with E-state index in [1.165, 1.54) is 6.20 Å². The van der Waals surface area contributed by atoms with Gasteiger partial charge in [0.2, 0.25) is 5.95 Å². The number of fused-ring (bicyclic) bond motifs is 1. The zero-order valence-electron chi connectivity index (χ0n) is 14.3. The first-order valence-corrected chi connectivity index (χ1v) is 7.99. The molecule has 26 heavy (non-hydrogen) atoms. The number of nitrogens with one attached hydrogen (secondary N) is 2. The van der Waals surface area contributed by atoms with Crippen molar-refractivity contribution in [2.24, 2.45) is 0 Å². The maximum atomic E-state index is 9.50. The number of aromatic nitrogens is 5. The number of nitrogens with two attached hydrogens (primary N) is 1. The first-order chi connectivity index (χ1) is 12.6. The van der Waals surface area contributed by atoms with E-state index in [0.29, 0.717) is 23.0 Å². The Balaban J connectivity index is 1.87. The van der Waals surface area contributed by atoms with E-state index in [9.17, 15) is 5.26 Å². The van der Waals surface area contributed by atoms with Crippen molar-refractivity contribution >= 4 is 28.2 Å². The minimum atomic E-state index is 0.383. The van der Waals surface area contributed by atoms with Crippen LogP contribution < -0.4 is 11.1 Å². The molecule has 0 fully saturated rings. The first kappa shape index (κ1) is 15.7. The highest BCUT2D eigenvalue weighted by Crippen LogP contribution is 2.27. The molecule has 4 N–H and O–H groups in total. The van der Waals surface area contributed by atoms with Gasteiger partial charge in [-0.3, -0.25) is 9.67 Å². The topological polar surface area (TPSA) is 121 Å². The van der Waals surface area contributed by atoms with Gasteiger partial charge in [-0.15, -0.1) is 0 Å². The zero-order valence-corrected chi connectivity index (χ0v) is 14.3. The van der Waals surface area contributed by atoms with Crippen LogP contribution in [-0.4, -0.2) is 24.7 Å². The van der Waals surface area contributed by atoms with Gasteiger partial charge in [0.25, 0.3) is 0 Å². The average molecular weight is 344 g/mol. The summed E-state index contributed by atoms with van der Waals surface area (Å²) >= 11 is 0. The lowest BCUT2D eigenvalue weighted by molar-refractivity contribution is 1.00. The molecule has 8 nitrogen and oxygen atoms in total. The van der Waals surface area contributed by atoms with Crippen LogP contribution in [0.15, 0.2) is 36.8 Å². The number of rotatable bonds is 3. The van der Waals surface area contributed by atoms with Crippen molar-refractivity contribution in [3.63, 3.8) is 0 Å². The van der Waals surface area contributed by atoms with Crippen LogP contribution >= 0.6 is 0 Å². The molecule has 1 aromatic carbocycles. The molecule has 128 valence electrons. The molecule has 3 aromatic heterocycles. The van der Waals surface area contributed by atoms with E-state index in [-0.39, 0.29) is 0 Å². The number of H-pyrrole nitrogens is 1. The molecular weight excluding hydrogens is 328 g/mol. The predicted octanol–water partition coefficient (Wildman–Crippen LogP) is 2.96. The van der Waals surface area contributed by atoms with Gasteiger partial charge in [-0.25, -0.2) is 4.98 Å². The molecule has 0 unspecified atom stereocenters. The summed E-state index contributed by atoms with van der Waals surface area (Å²) in [6.07, 6.45) is 5.19. The molecule has 0 bridgehead atoms. The summed E-state index contributed by atoms with van der Waals surface area (Å²) in [7, 11) is 0. The molecule has 0 atom stereocenters. The fourth-order valence-electron chi connectivity index (χ4n) is 2.89. The van der Waals surface area contributed by atoms with E-state index in [1.807, 2.05) is 42.8 Å². The Morgan fingerprint density at radius 2 is 2.15 bits per heavy atom. The highest BCUT2D eigenvalue weighted by Gasteiger charge is 2.14. The van der Waals surface area contributed by atoms with E-state index < -0.39 is 0 Å². The van der Waals surface area contributed by atoms with Crippen LogP contribution in [0, 0.1) is 25.2 Å². The SMILES string of the molecule is Cc1n[nH]cc1Nc1ncc(C#N)c(-n2cc(C)c3cc(N)ccc32)n1. The lowest BCUT2D eigenvalue weighted by Crippen LogP contribution is -2.05. The van der Waals surface area contributed by atoms with Crippen LogP contribution in [0.1, 0.15) is 16.8 Å². The summed E-state index contributed by atoms with van der Waals surface area (Å²) in [5.74, 6) is 0.896. The maximum Gasteiger partial charge on any atom is 0.229 e. The molecular formula is C18H16N8. The van der Waals surface area contributed by atoms with Gasteiger partial charge in [-0.2, -0.15) is 15.3 Å². The average Bonchev–Trinajstić information content (AvgIpc) is 3.18. The number of aryl methyl sites for hydroxylation is 2. The predicted molar refractivity (Wildman–Crippen MR) is 99.3 cm³/mol. The molecule has 4 aromatic rings. The van der Waals surface area contributed by atoms with Gasteiger partial charge in [0.15, 0.2) is 5.82 Å². The van der Waals surface area contributed by atoms with Crippen LogP contribution in [-0.2, 0) is 0 Å². The summed E-state index contributed by atoms with van der Waals surface area (Å²) in [4.78, 5) is 8.79. The number of benzene rings is 1. The number of hydrogen-bond acceptors (Lipinski definition) is 6. The fraction of sp³-hybridized carbons (Fsp3) is 0.111. The first-order valence-electron chi connectivity index (χ1n) is 7.99. The third-order valence-electron chi connectivity index (χ3n) is 4.22. The molecule has 0 aliphatic heterocycles. The maximum absolute atomic E-state index is 9.50. The Hall–Kier alpha value is -3.86. The number of nitrogens with zero attached hydrogens (tertiary/aromatic N) is 5. The van der Waals surface area contributed by atoms with Crippen LogP contribution in [0.25, 0.3) is 16.7 Å². The van der Waals surface area contributed by atoms with Crippen LogP contribution in [0.5, 0.6) is 0 Å². The van der Waals surface area contributed by atoms with Gasteiger partial charge in [-0.05, 0) is 37.6 Å². The van der Waals surface area contributed by atoms with Gasteiger partial charge in [0.05, 0.1) is 23.1 Å². The van der Waals surface area contributed by atoms with Gasteiger partial charge in [0.1, 0.15) is 11.6 Å². The molecule has 0 aliphatic carbocycles. The molecule has 4 rings (SSSR count). The van der Waals surface area contributed by atoms with E-state index in [2.05, 4.69) is 31.6 Å². The third-order valence-corrected chi connectivity index (χ3v) is 4.22. The van der Waals surface area contributed by atoms with Crippen LogP contribution in [0.2, 0.25) is 0 Å². The summed E-state index contributed by atoms with van der Waals surface area (Å²) in [6, 6.07) is 7.84. The molecule has 3 heterocycles. The third kappa shape index (κ3) is 2.52. The van der Waals surface area contributed by atoms with Crippen molar-refractivity contribution in [3.05, 3.63) is 53.6 Å². The van der Waals surface area contributed by atoms with Crippen molar-refractivity contribution < 1.29 is 0 Å². The molecule has 8 heteroatoms. The number of nitriles is 1. The van der Waals surface area contributed by atoms with E-state index >= 15 is 0 Å². The Morgan fingerprint density at radius 1 is 1.31 bits per heavy atom. The largest absolute Gasteiger partial charge is 0.399 e. The van der Waals surface area contributed by atoms with Gasteiger partial charge < -0.3 is 11.1 Å². The standard InChI is InChI=1S/C18H16N8/c1-10-9-26(16-4-3-13(20)5-14(10)16)17-12(6-19)7-21-18(24-17)23-15-8-22-25-11(15)2/h3-5,7-9H,20H2,1-2H3,(H,22,25)(H,21,23,24). The number of nitrogen functional groups attached to an aromatic ring is 1. The Labute approximate surface area is 149 Å². The quantitative estimate of drug-likeness (QED) is 0.491. The Morgan fingerprint density at radius 3 is 2.88 bits per heavy atom. The van der Waals surface area contributed by atoms with Crippen molar-refractivity contribution in [3.8, 4) is 11.9 Å². The number of hydrogen-bond donors (Lipinski definition) is 3. The molecule has 0 saturated heterocycles. The second-order valence-corrected chi connectivity index (χ2v) is 6.01. The fourth-order valence-corrected chi connectivity index (χ4v) is 2.89.